The van der Waals surface area contributed by atoms with Gasteiger partial charge in [-0.2, -0.15) is 0 Å². The normalized spacial score (nSPS) is 12.0. The third-order valence-corrected chi connectivity index (χ3v) is 2.94. The molecule has 0 unspecified atom stereocenters. The molecular weight excluding hydrogens is 258 g/mol. The predicted octanol–water partition coefficient (Wildman–Crippen LogP) is 2.34. The second-order valence-corrected chi connectivity index (χ2v) is 4.27. The summed E-state index contributed by atoms with van der Waals surface area (Å²) in [5, 5.41) is 10.7. The number of hydrogen-bond acceptors (Lipinski definition) is 5. The topological polar surface area (TPSA) is 72.0 Å². The molecule has 1 heterocycles. The number of hydrogen-bond donors (Lipinski definition) is 1. The molecule has 2 aromatic rings. The van der Waals surface area contributed by atoms with Gasteiger partial charge in [0, 0.05) is 6.61 Å². The molecule has 0 bridgehead atoms. The summed E-state index contributed by atoms with van der Waals surface area (Å²) in [5.41, 5.74) is 0.335. The summed E-state index contributed by atoms with van der Waals surface area (Å²) in [7, 11) is 0. The molecule has 0 saturated heterocycles. The molecule has 20 heavy (non-hydrogen) atoms. The smallest absolute Gasteiger partial charge is 0.349 e. The van der Waals surface area contributed by atoms with Crippen LogP contribution in [0.15, 0.2) is 38.5 Å². The van der Waals surface area contributed by atoms with Crippen LogP contribution in [0.5, 0.6) is 5.75 Å². The van der Waals surface area contributed by atoms with Gasteiger partial charge in [-0.3, -0.25) is 4.99 Å². The van der Waals surface area contributed by atoms with E-state index < -0.39 is 5.63 Å². The monoisotopic (exact) mass is 275 g/mol. The maximum Gasteiger partial charge on any atom is 0.349 e. The largest absolute Gasteiger partial charge is 0.506 e. The minimum Gasteiger partial charge on any atom is -0.506 e. The van der Waals surface area contributed by atoms with Gasteiger partial charge in [-0.15, -0.1) is 0 Å². The number of ether oxygens (including phenoxy) is 1. The van der Waals surface area contributed by atoms with Crippen LogP contribution >= 0.6 is 0 Å². The fourth-order valence-corrected chi connectivity index (χ4v) is 1.95. The van der Waals surface area contributed by atoms with Crippen molar-refractivity contribution in [1.29, 1.82) is 0 Å². The van der Waals surface area contributed by atoms with E-state index in [9.17, 15) is 9.90 Å². The van der Waals surface area contributed by atoms with Crippen molar-refractivity contribution in [2.24, 2.45) is 4.99 Å². The van der Waals surface area contributed by atoms with Gasteiger partial charge in [-0.1, -0.05) is 12.1 Å². The third kappa shape index (κ3) is 2.88. The van der Waals surface area contributed by atoms with Gasteiger partial charge in [0.15, 0.2) is 0 Å². The molecule has 106 valence electrons. The summed E-state index contributed by atoms with van der Waals surface area (Å²) in [6.07, 6.45) is 0. The van der Waals surface area contributed by atoms with Crippen LogP contribution in [0.4, 0.5) is 0 Å². The number of nitrogens with zero attached hydrogens (tertiary/aromatic N) is 1. The lowest BCUT2D eigenvalue weighted by molar-refractivity contribution is 0.156. The second-order valence-electron chi connectivity index (χ2n) is 4.27. The number of aromatic hydroxyl groups is 1. The molecule has 0 spiro atoms. The molecule has 0 atom stereocenters. The zero-order chi connectivity index (χ0) is 14.5. The van der Waals surface area contributed by atoms with E-state index in [1.165, 1.54) is 0 Å². The zero-order valence-corrected chi connectivity index (χ0v) is 11.5. The Morgan fingerprint density at radius 3 is 2.90 bits per heavy atom. The molecule has 5 nitrogen and oxygen atoms in total. The fourth-order valence-electron chi connectivity index (χ4n) is 1.95. The van der Waals surface area contributed by atoms with Crippen molar-refractivity contribution < 1.29 is 14.3 Å². The molecule has 0 aliphatic carbocycles. The predicted molar refractivity (Wildman–Crippen MR) is 77.7 cm³/mol. The molecule has 1 N–H and O–H groups in total. The molecule has 0 aliphatic heterocycles. The Balaban J connectivity index is 2.41. The van der Waals surface area contributed by atoms with Crippen molar-refractivity contribution in [2.45, 2.75) is 13.8 Å². The first kappa shape index (κ1) is 14.3. The van der Waals surface area contributed by atoms with Crippen molar-refractivity contribution in [3.8, 4) is 5.75 Å². The Hall–Kier alpha value is -2.14. The van der Waals surface area contributed by atoms with E-state index in [0.717, 1.165) is 0 Å². The van der Waals surface area contributed by atoms with E-state index in [4.69, 9.17) is 9.15 Å². The highest BCUT2D eigenvalue weighted by atomic mass is 16.5. The highest BCUT2D eigenvalue weighted by Gasteiger charge is 2.15. The average Bonchev–Trinajstić information content (AvgIpc) is 2.43. The van der Waals surface area contributed by atoms with Gasteiger partial charge in [0.1, 0.15) is 16.9 Å². The summed E-state index contributed by atoms with van der Waals surface area (Å²) in [5.74, 6) is -0.0884. The van der Waals surface area contributed by atoms with Crippen LogP contribution < -0.4 is 5.63 Å². The average molecular weight is 275 g/mol. The lowest BCUT2D eigenvalue weighted by Crippen LogP contribution is -2.14. The SMILES string of the molecule is CCOCCN=C(C)c1c(O)c2ccccc2oc1=O. The molecule has 2 rings (SSSR count). The number of benzene rings is 1. The fraction of sp³-hybridized carbons (Fsp3) is 0.333. The van der Waals surface area contributed by atoms with Crippen LogP contribution in [0.2, 0.25) is 0 Å². The summed E-state index contributed by atoms with van der Waals surface area (Å²) < 4.78 is 10.4. The Labute approximate surface area is 116 Å². The number of para-hydroxylation sites is 1. The summed E-state index contributed by atoms with van der Waals surface area (Å²) in [4.78, 5) is 16.2. The first-order valence-electron chi connectivity index (χ1n) is 6.49. The maximum absolute atomic E-state index is 11.9. The van der Waals surface area contributed by atoms with E-state index in [-0.39, 0.29) is 11.3 Å². The highest BCUT2D eigenvalue weighted by Crippen LogP contribution is 2.26. The lowest BCUT2D eigenvalue weighted by Gasteiger charge is -2.06. The summed E-state index contributed by atoms with van der Waals surface area (Å²) >= 11 is 0. The van der Waals surface area contributed by atoms with E-state index in [1.807, 2.05) is 6.92 Å². The van der Waals surface area contributed by atoms with E-state index in [2.05, 4.69) is 4.99 Å². The molecule has 0 fully saturated rings. The second kappa shape index (κ2) is 6.34. The Morgan fingerprint density at radius 1 is 1.40 bits per heavy atom. The summed E-state index contributed by atoms with van der Waals surface area (Å²) in [6, 6.07) is 6.85. The zero-order valence-electron chi connectivity index (χ0n) is 11.5. The third-order valence-electron chi connectivity index (χ3n) is 2.94. The van der Waals surface area contributed by atoms with Crippen molar-refractivity contribution >= 4 is 16.7 Å². The van der Waals surface area contributed by atoms with Crippen LogP contribution in [-0.2, 0) is 4.74 Å². The molecule has 0 saturated carbocycles. The van der Waals surface area contributed by atoms with E-state index in [0.29, 0.717) is 36.4 Å². The Kier molecular flexibility index (Phi) is 4.53. The highest BCUT2D eigenvalue weighted by molar-refractivity contribution is 6.04. The van der Waals surface area contributed by atoms with Crippen LogP contribution in [0, 0.1) is 0 Å². The standard InChI is InChI=1S/C15H17NO4/c1-3-19-9-8-16-10(2)13-14(17)11-6-4-5-7-12(11)20-15(13)18/h4-7,17H,3,8-9H2,1-2H3. The first-order chi connectivity index (χ1) is 9.65. The Morgan fingerprint density at radius 2 is 2.15 bits per heavy atom. The molecule has 0 aliphatic rings. The number of fused-ring (bicyclic) bond motifs is 1. The van der Waals surface area contributed by atoms with Crippen molar-refractivity contribution in [2.75, 3.05) is 19.8 Å². The number of aliphatic imine (C=N–C) groups is 1. The van der Waals surface area contributed by atoms with E-state index in [1.54, 1.807) is 31.2 Å². The Bertz CT molecular complexity index is 688. The van der Waals surface area contributed by atoms with Crippen LogP contribution in [0.1, 0.15) is 19.4 Å². The lowest BCUT2D eigenvalue weighted by atomic mass is 10.1. The van der Waals surface area contributed by atoms with Gasteiger partial charge in [-0.05, 0) is 26.0 Å². The molecule has 0 radical (unpaired) electrons. The first-order valence-corrected chi connectivity index (χ1v) is 6.49. The maximum atomic E-state index is 11.9. The van der Waals surface area contributed by atoms with E-state index >= 15 is 0 Å². The summed E-state index contributed by atoms with van der Waals surface area (Å²) in [6.45, 7) is 5.11. The molecular formula is C15H17NO4. The van der Waals surface area contributed by atoms with Gasteiger partial charge in [0.05, 0.1) is 24.2 Å². The van der Waals surface area contributed by atoms with Crippen molar-refractivity contribution in [3.05, 3.63) is 40.2 Å². The van der Waals surface area contributed by atoms with Crippen LogP contribution in [0.3, 0.4) is 0 Å². The molecule has 1 aromatic heterocycles. The van der Waals surface area contributed by atoms with Crippen molar-refractivity contribution in [3.63, 3.8) is 0 Å². The van der Waals surface area contributed by atoms with Crippen LogP contribution in [-0.4, -0.2) is 30.6 Å². The van der Waals surface area contributed by atoms with Crippen molar-refractivity contribution in [1.82, 2.24) is 0 Å². The van der Waals surface area contributed by atoms with Gasteiger partial charge in [-0.25, -0.2) is 4.79 Å². The van der Waals surface area contributed by atoms with Gasteiger partial charge < -0.3 is 14.3 Å². The van der Waals surface area contributed by atoms with Gasteiger partial charge >= 0.3 is 5.63 Å². The quantitative estimate of drug-likeness (QED) is 0.516. The molecule has 0 amide bonds. The minimum absolute atomic E-state index is 0.0884. The van der Waals surface area contributed by atoms with Gasteiger partial charge in [0.2, 0.25) is 0 Å². The van der Waals surface area contributed by atoms with Gasteiger partial charge in [0.25, 0.3) is 0 Å². The number of rotatable bonds is 5. The molecule has 1 aromatic carbocycles. The molecule has 5 heteroatoms. The van der Waals surface area contributed by atoms with Crippen LogP contribution in [0.25, 0.3) is 11.0 Å². The minimum atomic E-state index is -0.584.